The van der Waals surface area contributed by atoms with E-state index in [1.165, 1.54) is 38.5 Å². The molecule has 1 heterocycles. The molecule has 1 aromatic heterocycles. The van der Waals surface area contributed by atoms with Crippen LogP contribution < -0.4 is 15.4 Å². The van der Waals surface area contributed by atoms with Crippen LogP contribution in [-0.2, 0) is 4.79 Å². The zero-order chi connectivity index (χ0) is 21.2. The van der Waals surface area contributed by atoms with E-state index in [1.54, 1.807) is 7.11 Å². The van der Waals surface area contributed by atoms with E-state index < -0.39 is 0 Å². The van der Waals surface area contributed by atoms with Crippen LogP contribution in [0.3, 0.4) is 0 Å². The largest absolute Gasteiger partial charge is 0.495 e. The van der Waals surface area contributed by atoms with Gasteiger partial charge in [0.2, 0.25) is 0 Å². The number of carbonyl (C=O) groups is 1. The molecule has 7 rings (SSSR count). The average molecular weight is 420 g/mol. The Hall–Kier alpha value is -2.53. The third kappa shape index (κ3) is 3.21. The van der Waals surface area contributed by atoms with E-state index in [1.807, 2.05) is 43.3 Å². The van der Waals surface area contributed by atoms with Crippen molar-refractivity contribution in [2.24, 2.45) is 17.8 Å². The van der Waals surface area contributed by atoms with Crippen molar-refractivity contribution in [2.75, 3.05) is 12.4 Å². The van der Waals surface area contributed by atoms with E-state index in [0.717, 1.165) is 39.7 Å². The predicted octanol–water partition coefficient (Wildman–Crippen LogP) is 4.45. The number of furan rings is 1. The van der Waals surface area contributed by atoms with Crippen LogP contribution in [-0.4, -0.2) is 24.6 Å². The molecule has 2 aromatic carbocycles. The van der Waals surface area contributed by atoms with E-state index >= 15 is 0 Å². The normalized spacial score (nSPS) is 30.1. The number of rotatable bonds is 5. The SMILES string of the molecule is COc1cc2c(cc1NC(=O)[C@@H](C)[NH2+]C13CC4CC(CC(C4)C1)C3)oc1ccccc12. The van der Waals surface area contributed by atoms with E-state index in [2.05, 4.69) is 10.6 Å². The lowest BCUT2D eigenvalue weighted by Crippen LogP contribution is -3.03. The number of fused-ring (bicyclic) bond motifs is 3. The first kappa shape index (κ1) is 19.2. The molecule has 5 heteroatoms. The number of methoxy groups -OCH3 is 1. The Labute approximate surface area is 182 Å². The van der Waals surface area contributed by atoms with Crippen molar-refractivity contribution < 1.29 is 19.3 Å². The Kier molecular flexibility index (Phi) is 4.32. The van der Waals surface area contributed by atoms with Crippen molar-refractivity contribution in [3.8, 4) is 5.75 Å². The molecule has 4 aliphatic rings. The first-order chi connectivity index (χ1) is 15.0. The van der Waals surface area contributed by atoms with Crippen molar-refractivity contribution in [3.63, 3.8) is 0 Å². The van der Waals surface area contributed by atoms with Gasteiger partial charge in [-0.25, -0.2) is 0 Å². The molecule has 4 bridgehead atoms. The number of quaternary nitrogens is 1. The highest BCUT2D eigenvalue weighted by molar-refractivity contribution is 6.08. The molecule has 3 aromatic rings. The molecule has 0 aliphatic heterocycles. The summed E-state index contributed by atoms with van der Waals surface area (Å²) in [5.74, 6) is 3.34. The maximum absolute atomic E-state index is 13.2. The van der Waals surface area contributed by atoms with Gasteiger partial charge in [-0.05, 0) is 56.1 Å². The van der Waals surface area contributed by atoms with Gasteiger partial charge in [0.25, 0.3) is 5.91 Å². The van der Waals surface area contributed by atoms with Crippen LogP contribution in [0.5, 0.6) is 5.75 Å². The van der Waals surface area contributed by atoms with Crippen LogP contribution in [0.2, 0.25) is 0 Å². The van der Waals surface area contributed by atoms with Gasteiger partial charge in [0, 0.05) is 36.1 Å². The Morgan fingerprint density at radius 3 is 2.42 bits per heavy atom. The number of benzene rings is 2. The Morgan fingerprint density at radius 2 is 1.74 bits per heavy atom. The fraction of sp³-hybridized carbons (Fsp3) is 0.500. The quantitative estimate of drug-likeness (QED) is 0.642. The third-order valence-electron chi connectivity index (χ3n) is 8.06. The maximum atomic E-state index is 13.2. The number of amides is 1. The minimum Gasteiger partial charge on any atom is -0.495 e. The van der Waals surface area contributed by atoms with Gasteiger partial charge in [0.05, 0.1) is 18.3 Å². The summed E-state index contributed by atoms with van der Waals surface area (Å²) in [6.07, 6.45) is 8.10. The molecule has 0 spiro atoms. The van der Waals surface area contributed by atoms with Gasteiger partial charge < -0.3 is 19.8 Å². The minimum atomic E-state index is -0.132. The number of ether oxygens (including phenoxy) is 1. The second-order valence-corrected chi connectivity index (χ2v) is 10.4. The highest BCUT2D eigenvalue weighted by Crippen LogP contribution is 2.54. The number of hydrogen-bond acceptors (Lipinski definition) is 3. The second-order valence-electron chi connectivity index (χ2n) is 10.4. The number of hydrogen-bond donors (Lipinski definition) is 2. The smallest absolute Gasteiger partial charge is 0.282 e. The summed E-state index contributed by atoms with van der Waals surface area (Å²) in [5.41, 5.74) is 2.55. The summed E-state index contributed by atoms with van der Waals surface area (Å²) in [4.78, 5) is 13.2. The standard InChI is InChI=1S/C26H30N2O3/c1-15(28-26-12-16-7-17(13-26)9-18(8-16)14-26)25(29)27-21-11-23-20(10-24(21)30-2)19-5-3-4-6-22(19)31-23/h3-6,10-11,15-18,28H,7-9,12-14H2,1-2H3,(H,27,29)/p+1/t15-,16?,17?,18?,26?/m1/s1. The van der Waals surface area contributed by atoms with E-state index in [0.29, 0.717) is 11.4 Å². The summed E-state index contributed by atoms with van der Waals surface area (Å²) in [6.45, 7) is 2.04. The third-order valence-corrected chi connectivity index (χ3v) is 8.06. The van der Waals surface area contributed by atoms with Gasteiger partial charge in [-0.15, -0.1) is 0 Å². The Bertz CT molecular complexity index is 1130. The lowest BCUT2D eigenvalue weighted by atomic mass is 9.53. The number of nitrogens with one attached hydrogen (secondary N) is 1. The van der Waals surface area contributed by atoms with Gasteiger partial charge in [-0.1, -0.05) is 18.2 Å². The topological polar surface area (TPSA) is 68.1 Å². The van der Waals surface area contributed by atoms with E-state index in [-0.39, 0.29) is 17.5 Å². The van der Waals surface area contributed by atoms with Crippen LogP contribution in [0.1, 0.15) is 45.4 Å². The molecule has 3 N–H and O–H groups in total. The zero-order valence-corrected chi connectivity index (χ0v) is 18.3. The fourth-order valence-corrected chi connectivity index (χ4v) is 7.25. The maximum Gasteiger partial charge on any atom is 0.282 e. The van der Waals surface area contributed by atoms with Crippen molar-refractivity contribution >= 4 is 33.5 Å². The zero-order valence-electron chi connectivity index (χ0n) is 18.3. The van der Waals surface area contributed by atoms with Crippen LogP contribution >= 0.6 is 0 Å². The van der Waals surface area contributed by atoms with E-state index in [4.69, 9.17) is 9.15 Å². The molecule has 0 saturated heterocycles. The molecule has 4 fully saturated rings. The van der Waals surface area contributed by atoms with Gasteiger partial charge >= 0.3 is 0 Å². The van der Waals surface area contributed by atoms with Crippen LogP contribution in [0.4, 0.5) is 5.69 Å². The molecule has 1 amide bonds. The molecule has 1 atom stereocenters. The first-order valence-electron chi connectivity index (χ1n) is 11.7. The van der Waals surface area contributed by atoms with Crippen molar-refractivity contribution in [1.82, 2.24) is 0 Å². The molecule has 4 aliphatic carbocycles. The average Bonchev–Trinajstić information content (AvgIpc) is 3.09. The van der Waals surface area contributed by atoms with Crippen molar-refractivity contribution in [3.05, 3.63) is 36.4 Å². The number of carbonyl (C=O) groups excluding carboxylic acids is 1. The molecule has 4 saturated carbocycles. The predicted molar refractivity (Wildman–Crippen MR) is 121 cm³/mol. The molecule has 0 radical (unpaired) electrons. The number of para-hydroxylation sites is 1. The van der Waals surface area contributed by atoms with Crippen molar-refractivity contribution in [2.45, 2.75) is 57.0 Å². The highest BCUT2D eigenvalue weighted by atomic mass is 16.5. The van der Waals surface area contributed by atoms with Crippen LogP contribution in [0, 0.1) is 17.8 Å². The first-order valence-corrected chi connectivity index (χ1v) is 11.7. The fourth-order valence-electron chi connectivity index (χ4n) is 7.25. The molecule has 5 nitrogen and oxygen atoms in total. The van der Waals surface area contributed by atoms with Gasteiger partial charge in [-0.3, -0.25) is 4.79 Å². The Balaban J connectivity index is 1.24. The molecule has 0 unspecified atom stereocenters. The van der Waals surface area contributed by atoms with Crippen molar-refractivity contribution in [1.29, 1.82) is 0 Å². The monoisotopic (exact) mass is 419 g/mol. The van der Waals surface area contributed by atoms with Gasteiger partial charge in [0.1, 0.15) is 16.9 Å². The highest BCUT2D eigenvalue weighted by Gasteiger charge is 2.54. The van der Waals surface area contributed by atoms with Crippen LogP contribution in [0.15, 0.2) is 40.8 Å². The molecule has 31 heavy (non-hydrogen) atoms. The minimum absolute atomic E-state index is 0.0320. The summed E-state index contributed by atoms with van der Waals surface area (Å²) in [7, 11) is 1.64. The summed E-state index contributed by atoms with van der Waals surface area (Å²) in [5, 5.41) is 7.56. The number of anilines is 1. The van der Waals surface area contributed by atoms with Gasteiger partial charge in [-0.2, -0.15) is 0 Å². The summed E-state index contributed by atoms with van der Waals surface area (Å²) < 4.78 is 11.6. The van der Waals surface area contributed by atoms with Gasteiger partial charge in [0.15, 0.2) is 6.04 Å². The van der Waals surface area contributed by atoms with E-state index in [9.17, 15) is 4.79 Å². The van der Waals surface area contributed by atoms with Crippen LogP contribution in [0.25, 0.3) is 21.9 Å². The summed E-state index contributed by atoms with van der Waals surface area (Å²) >= 11 is 0. The second kappa shape index (κ2) is 6.99. The lowest BCUT2D eigenvalue weighted by molar-refractivity contribution is -0.754. The molecular weight excluding hydrogens is 388 g/mol. The number of nitrogens with two attached hydrogens (primary N) is 1. The molecule has 162 valence electrons. The lowest BCUT2D eigenvalue weighted by Gasteiger charge is -2.55. The Morgan fingerprint density at radius 1 is 1.06 bits per heavy atom. The molecular formula is C26H31N2O3+. The summed E-state index contributed by atoms with van der Waals surface area (Å²) in [6, 6.07) is 11.7.